The second-order valence-corrected chi connectivity index (χ2v) is 5.24. The number of likely N-dealkylation sites (N-methyl/N-ethyl adjacent to an activating group) is 1. The Labute approximate surface area is 119 Å². The number of benzene rings is 1. The van der Waals surface area contributed by atoms with Gasteiger partial charge >= 0.3 is 0 Å². The smallest absolute Gasteiger partial charge is 0.254 e. The van der Waals surface area contributed by atoms with Gasteiger partial charge in [-0.25, -0.2) is 0 Å². The van der Waals surface area contributed by atoms with Crippen LogP contribution in [0, 0.1) is 0 Å². The second-order valence-electron chi connectivity index (χ2n) is 5.24. The van der Waals surface area contributed by atoms with Gasteiger partial charge in [0, 0.05) is 49.8 Å². The van der Waals surface area contributed by atoms with Crippen molar-refractivity contribution in [1.82, 2.24) is 14.4 Å². The Balaban J connectivity index is 1.80. The first kappa shape index (κ1) is 12.9. The molecule has 1 amide bonds. The quantitative estimate of drug-likeness (QED) is 0.832. The van der Waals surface area contributed by atoms with E-state index in [9.17, 15) is 4.79 Å². The average Bonchev–Trinajstić information content (AvgIpc) is 3.02. The molecule has 4 nitrogen and oxygen atoms in total. The number of carbonyl (C=O) groups is 1. The lowest BCUT2D eigenvalue weighted by Gasteiger charge is -2.32. The Bertz CT molecular complexity index is 584. The zero-order valence-corrected chi connectivity index (χ0v) is 11.7. The first-order chi connectivity index (χ1) is 9.74. The highest BCUT2D eigenvalue weighted by Crippen LogP contribution is 2.14. The number of hydrogen-bond donors (Lipinski definition) is 0. The third-order valence-corrected chi connectivity index (χ3v) is 3.79. The van der Waals surface area contributed by atoms with E-state index in [4.69, 9.17) is 0 Å². The van der Waals surface area contributed by atoms with Crippen LogP contribution in [0.25, 0.3) is 5.69 Å². The van der Waals surface area contributed by atoms with Gasteiger partial charge in [-0.1, -0.05) is 6.07 Å². The zero-order chi connectivity index (χ0) is 13.9. The fourth-order valence-electron chi connectivity index (χ4n) is 2.50. The average molecular weight is 269 g/mol. The molecule has 0 atom stereocenters. The molecule has 0 unspecified atom stereocenters. The highest BCUT2D eigenvalue weighted by molar-refractivity contribution is 5.94. The molecule has 3 rings (SSSR count). The minimum Gasteiger partial charge on any atom is -0.336 e. The Morgan fingerprint density at radius 1 is 1.00 bits per heavy atom. The lowest BCUT2D eigenvalue weighted by atomic mass is 10.1. The van der Waals surface area contributed by atoms with Crippen molar-refractivity contribution in [2.45, 2.75) is 0 Å². The van der Waals surface area contributed by atoms with E-state index in [0.717, 1.165) is 37.4 Å². The van der Waals surface area contributed by atoms with Crippen LogP contribution < -0.4 is 0 Å². The Morgan fingerprint density at radius 3 is 2.40 bits per heavy atom. The minimum atomic E-state index is 0.132. The van der Waals surface area contributed by atoms with Crippen LogP contribution in [0.15, 0.2) is 48.8 Å². The summed E-state index contributed by atoms with van der Waals surface area (Å²) >= 11 is 0. The van der Waals surface area contributed by atoms with E-state index in [1.807, 2.05) is 58.3 Å². The SMILES string of the molecule is CN1CCN(C(=O)c2cccc(-n3cccc3)c2)CC1. The minimum absolute atomic E-state index is 0.132. The van der Waals surface area contributed by atoms with E-state index in [1.54, 1.807) is 0 Å². The van der Waals surface area contributed by atoms with Crippen molar-refractivity contribution in [2.24, 2.45) is 0 Å². The van der Waals surface area contributed by atoms with Gasteiger partial charge in [0.15, 0.2) is 0 Å². The zero-order valence-electron chi connectivity index (χ0n) is 11.7. The second kappa shape index (κ2) is 5.51. The van der Waals surface area contributed by atoms with Crippen molar-refractivity contribution < 1.29 is 4.79 Å². The van der Waals surface area contributed by atoms with Gasteiger partial charge in [0.2, 0.25) is 0 Å². The first-order valence-electron chi connectivity index (χ1n) is 6.95. The number of aromatic nitrogens is 1. The molecule has 0 bridgehead atoms. The third kappa shape index (κ3) is 2.60. The van der Waals surface area contributed by atoms with Gasteiger partial charge < -0.3 is 14.4 Å². The van der Waals surface area contributed by atoms with Crippen LogP contribution in [0.4, 0.5) is 0 Å². The maximum absolute atomic E-state index is 12.5. The Kier molecular flexibility index (Phi) is 3.56. The predicted octanol–water partition coefficient (Wildman–Crippen LogP) is 1.86. The Hall–Kier alpha value is -2.07. The molecule has 0 spiro atoms. The van der Waals surface area contributed by atoms with Crippen molar-refractivity contribution in [3.05, 3.63) is 54.4 Å². The molecule has 104 valence electrons. The summed E-state index contributed by atoms with van der Waals surface area (Å²) in [4.78, 5) is 16.7. The number of nitrogens with zero attached hydrogens (tertiary/aromatic N) is 3. The van der Waals surface area contributed by atoms with Crippen LogP contribution in [-0.2, 0) is 0 Å². The molecular formula is C16H19N3O. The number of amides is 1. The summed E-state index contributed by atoms with van der Waals surface area (Å²) < 4.78 is 2.01. The van der Waals surface area contributed by atoms with E-state index in [1.165, 1.54) is 0 Å². The van der Waals surface area contributed by atoms with Crippen molar-refractivity contribution >= 4 is 5.91 Å². The first-order valence-corrected chi connectivity index (χ1v) is 6.95. The van der Waals surface area contributed by atoms with E-state index < -0.39 is 0 Å². The van der Waals surface area contributed by atoms with Gasteiger partial charge in [-0.15, -0.1) is 0 Å². The third-order valence-electron chi connectivity index (χ3n) is 3.79. The number of piperazine rings is 1. The van der Waals surface area contributed by atoms with Gasteiger partial charge in [0.05, 0.1) is 0 Å². The van der Waals surface area contributed by atoms with Gasteiger partial charge in [0.25, 0.3) is 5.91 Å². The van der Waals surface area contributed by atoms with Crippen molar-refractivity contribution in [3.63, 3.8) is 0 Å². The molecule has 1 saturated heterocycles. The number of rotatable bonds is 2. The Morgan fingerprint density at radius 2 is 1.70 bits per heavy atom. The van der Waals surface area contributed by atoms with Crippen LogP contribution in [0.2, 0.25) is 0 Å². The summed E-state index contributed by atoms with van der Waals surface area (Å²) in [6, 6.07) is 11.8. The van der Waals surface area contributed by atoms with Crippen molar-refractivity contribution in [3.8, 4) is 5.69 Å². The highest BCUT2D eigenvalue weighted by atomic mass is 16.2. The molecule has 0 N–H and O–H groups in total. The van der Waals surface area contributed by atoms with Crippen molar-refractivity contribution in [2.75, 3.05) is 33.2 Å². The molecule has 0 aliphatic carbocycles. The van der Waals surface area contributed by atoms with E-state index in [-0.39, 0.29) is 5.91 Å². The maximum Gasteiger partial charge on any atom is 0.254 e. The topological polar surface area (TPSA) is 28.5 Å². The van der Waals surface area contributed by atoms with Gasteiger partial charge in [-0.2, -0.15) is 0 Å². The normalized spacial score (nSPS) is 16.4. The lowest BCUT2D eigenvalue weighted by Crippen LogP contribution is -2.47. The fraction of sp³-hybridized carbons (Fsp3) is 0.312. The summed E-state index contributed by atoms with van der Waals surface area (Å²) in [7, 11) is 2.09. The van der Waals surface area contributed by atoms with E-state index in [2.05, 4.69) is 11.9 Å². The molecule has 2 aromatic rings. The van der Waals surface area contributed by atoms with Gasteiger partial charge in [-0.3, -0.25) is 4.79 Å². The van der Waals surface area contributed by atoms with Crippen LogP contribution in [0.3, 0.4) is 0 Å². The van der Waals surface area contributed by atoms with Gasteiger partial charge in [0.1, 0.15) is 0 Å². The summed E-state index contributed by atoms with van der Waals surface area (Å²) in [6.45, 7) is 3.51. The van der Waals surface area contributed by atoms with Crippen LogP contribution >= 0.6 is 0 Å². The summed E-state index contributed by atoms with van der Waals surface area (Å²) in [5.74, 6) is 0.132. The monoisotopic (exact) mass is 269 g/mol. The van der Waals surface area contributed by atoms with Crippen LogP contribution in [0.5, 0.6) is 0 Å². The van der Waals surface area contributed by atoms with Crippen molar-refractivity contribution in [1.29, 1.82) is 0 Å². The molecule has 0 radical (unpaired) electrons. The molecule has 1 aliphatic rings. The van der Waals surface area contributed by atoms with Crippen LogP contribution in [0.1, 0.15) is 10.4 Å². The van der Waals surface area contributed by atoms with Gasteiger partial charge in [-0.05, 0) is 37.4 Å². The fourth-order valence-corrected chi connectivity index (χ4v) is 2.50. The maximum atomic E-state index is 12.5. The summed E-state index contributed by atoms with van der Waals surface area (Å²) in [5, 5.41) is 0. The molecule has 0 saturated carbocycles. The molecular weight excluding hydrogens is 250 g/mol. The highest BCUT2D eigenvalue weighted by Gasteiger charge is 2.20. The molecule has 1 aliphatic heterocycles. The van der Waals surface area contributed by atoms with E-state index >= 15 is 0 Å². The predicted molar refractivity (Wildman–Crippen MR) is 79.2 cm³/mol. The molecule has 1 aromatic carbocycles. The summed E-state index contributed by atoms with van der Waals surface area (Å²) in [5.41, 5.74) is 1.79. The lowest BCUT2D eigenvalue weighted by molar-refractivity contribution is 0.0664. The largest absolute Gasteiger partial charge is 0.336 e. The molecule has 2 heterocycles. The number of carbonyl (C=O) groups excluding carboxylic acids is 1. The molecule has 1 fully saturated rings. The standard InChI is InChI=1S/C16H19N3O/c1-17-9-11-19(12-10-17)16(20)14-5-4-6-15(13-14)18-7-2-3-8-18/h2-8,13H,9-12H2,1H3. The van der Waals surface area contributed by atoms with Crippen LogP contribution in [-0.4, -0.2) is 53.5 Å². The van der Waals surface area contributed by atoms with E-state index in [0.29, 0.717) is 0 Å². The molecule has 4 heteroatoms. The molecule has 1 aromatic heterocycles. The summed E-state index contributed by atoms with van der Waals surface area (Å²) in [6.07, 6.45) is 3.97. The molecule has 20 heavy (non-hydrogen) atoms. The number of hydrogen-bond acceptors (Lipinski definition) is 2.